The summed E-state index contributed by atoms with van der Waals surface area (Å²) in [5.74, 6) is -1.06. The van der Waals surface area contributed by atoms with Crippen molar-refractivity contribution in [1.29, 1.82) is 0 Å². The van der Waals surface area contributed by atoms with Gasteiger partial charge in [0.25, 0.3) is 5.91 Å². The van der Waals surface area contributed by atoms with Crippen LogP contribution in [0.2, 0.25) is 0 Å². The Morgan fingerprint density at radius 2 is 1.63 bits per heavy atom. The zero-order valence-corrected chi connectivity index (χ0v) is 21.6. The number of benzene rings is 1. The van der Waals surface area contributed by atoms with Gasteiger partial charge >= 0.3 is 0 Å². The molecule has 1 aromatic rings. The SMILES string of the molecule is CO[C@H]1C[C@H](C)[C@@H](O)c2cc(O)cc(c2)NC(=O)C(C)=CCC[C@H](OC)[C@@H](O)C(C)=C[C@H](C)[C@H]1O. The minimum Gasteiger partial charge on any atom is -0.508 e. The van der Waals surface area contributed by atoms with Crippen LogP contribution in [0.1, 0.15) is 58.6 Å². The standard InChI is InChI=1S/C27H41NO7/c1-15-8-7-9-22(34-5)25(31)16(2)10-17(3)26(32)23(35-6)11-18(4)24(30)19-12-20(28-27(15)33)14-21(29)13-19/h8,10,12-14,17-18,22-26,29-32H,7,9,11H2,1-6H3,(H,28,33)/t17-,18-,22-,23-,24+,25-,26+/m0/s1. The zero-order valence-electron chi connectivity index (χ0n) is 21.6. The average molecular weight is 492 g/mol. The van der Waals surface area contributed by atoms with E-state index >= 15 is 0 Å². The molecule has 0 unspecified atom stereocenters. The monoisotopic (exact) mass is 491 g/mol. The Kier molecular flexibility index (Phi) is 10.9. The molecule has 8 nitrogen and oxygen atoms in total. The van der Waals surface area contributed by atoms with Crippen LogP contribution in [0.5, 0.6) is 5.75 Å². The van der Waals surface area contributed by atoms with Crippen molar-refractivity contribution in [2.45, 2.75) is 77.5 Å². The van der Waals surface area contributed by atoms with Crippen LogP contribution in [0, 0.1) is 11.8 Å². The van der Waals surface area contributed by atoms with Gasteiger partial charge in [0.15, 0.2) is 0 Å². The molecule has 0 fully saturated rings. The summed E-state index contributed by atoms with van der Waals surface area (Å²) in [5.41, 5.74) is 1.97. The number of ether oxygens (including phenoxy) is 2. The van der Waals surface area contributed by atoms with Crippen molar-refractivity contribution in [1.82, 2.24) is 0 Å². The molecular weight excluding hydrogens is 450 g/mol. The number of hydrogen-bond donors (Lipinski definition) is 5. The summed E-state index contributed by atoms with van der Waals surface area (Å²) in [5, 5.41) is 45.8. The molecule has 2 rings (SSSR count). The molecular formula is C27H41NO7. The van der Waals surface area contributed by atoms with Crippen molar-refractivity contribution >= 4 is 11.6 Å². The fraction of sp³-hybridized carbons (Fsp3) is 0.593. The summed E-state index contributed by atoms with van der Waals surface area (Å²) in [6.45, 7) is 7.17. The molecule has 1 aliphatic heterocycles. The number of carbonyl (C=O) groups excluding carboxylic acids is 1. The first-order chi connectivity index (χ1) is 16.5. The number of anilines is 1. The number of rotatable bonds is 2. The van der Waals surface area contributed by atoms with Crippen molar-refractivity contribution in [2.75, 3.05) is 19.5 Å². The lowest BCUT2D eigenvalue weighted by atomic mass is 9.86. The van der Waals surface area contributed by atoms with Crippen LogP contribution >= 0.6 is 0 Å². The van der Waals surface area contributed by atoms with Crippen molar-refractivity contribution in [2.24, 2.45) is 11.8 Å². The number of hydrogen-bond acceptors (Lipinski definition) is 7. The first-order valence-corrected chi connectivity index (χ1v) is 12.1. The first kappa shape index (κ1) is 29.0. The second-order valence-electron chi connectivity index (χ2n) is 9.64. The lowest BCUT2D eigenvalue weighted by Crippen LogP contribution is -2.36. The van der Waals surface area contributed by atoms with Gasteiger partial charge in [0.1, 0.15) is 11.9 Å². The Hall–Kier alpha value is -2.23. The Morgan fingerprint density at radius 3 is 2.26 bits per heavy atom. The fourth-order valence-electron chi connectivity index (χ4n) is 4.51. The largest absolute Gasteiger partial charge is 0.508 e. The first-order valence-electron chi connectivity index (χ1n) is 12.1. The third-order valence-corrected chi connectivity index (χ3v) is 6.81. The Balaban J connectivity index is 2.45. The molecule has 1 aromatic carbocycles. The van der Waals surface area contributed by atoms with Crippen LogP contribution in [0.3, 0.4) is 0 Å². The number of fused-ring (bicyclic) bond motifs is 2. The third-order valence-electron chi connectivity index (χ3n) is 6.81. The normalized spacial score (nSPS) is 31.9. The minimum absolute atomic E-state index is 0.0777. The van der Waals surface area contributed by atoms with Crippen LogP contribution in [-0.2, 0) is 14.3 Å². The number of carbonyl (C=O) groups is 1. The number of allylic oxidation sites excluding steroid dienone is 1. The van der Waals surface area contributed by atoms with E-state index in [2.05, 4.69) is 5.32 Å². The number of phenols is 1. The number of amides is 1. The van der Waals surface area contributed by atoms with E-state index in [0.717, 1.165) is 0 Å². The molecule has 0 spiro atoms. The summed E-state index contributed by atoms with van der Waals surface area (Å²) < 4.78 is 11.1. The van der Waals surface area contributed by atoms with Gasteiger partial charge in [-0.2, -0.15) is 0 Å². The quantitative estimate of drug-likeness (QED) is 0.401. The summed E-state index contributed by atoms with van der Waals surface area (Å²) in [7, 11) is 3.05. The lowest BCUT2D eigenvalue weighted by Gasteiger charge is -2.30. The van der Waals surface area contributed by atoms with Gasteiger partial charge in [-0.3, -0.25) is 4.79 Å². The molecule has 0 saturated heterocycles. The predicted octanol–water partition coefficient (Wildman–Crippen LogP) is 3.46. The van der Waals surface area contributed by atoms with Crippen LogP contribution in [0.15, 0.2) is 41.5 Å². The molecule has 196 valence electrons. The van der Waals surface area contributed by atoms with Gasteiger partial charge in [0, 0.05) is 37.5 Å². The van der Waals surface area contributed by atoms with E-state index in [0.29, 0.717) is 41.7 Å². The molecule has 5 N–H and O–H groups in total. The van der Waals surface area contributed by atoms with E-state index < -0.39 is 30.5 Å². The molecule has 8 heteroatoms. The maximum atomic E-state index is 12.7. The highest BCUT2D eigenvalue weighted by Gasteiger charge is 2.30. The van der Waals surface area contributed by atoms with Gasteiger partial charge < -0.3 is 35.2 Å². The Morgan fingerprint density at radius 1 is 0.971 bits per heavy atom. The molecule has 1 heterocycles. The highest BCUT2D eigenvalue weighted by Crippen LogP contribution is 2.32. The zero-order chi connectivity index (χ0) is 26.3. The van der Waals surface area contributed by atoms with Crippen molar-refractivity contribution in [3.05, 3.63) is 47.1 Å². The van der Waals surface area contributed by atoms with Gasteiger partial charge in [-0.1, -0.05) is 26.0 Å². The molecule has 0 saturated carbocycles. The lowest BCUT2D eigenvalue weighted by molar-refractivity contribution is -0.112. The number of nitrogens with one attached hydrogen (secondary N) is 1. The van der Waals surface area contributed by atoms with E-state index in [-0.39, 0.29) is 23.5 Å². The van der Waals surface area contributed by atoms with Crippen LogP contribution in [-0.4, -0.2) is 65.0 Å². The Bertz CT molecular complexity index is 913. The smallest absolute Gasteiger partial charge is 0.250 e. The van der Waals surface area contributed by atoms with E-state index in [1.165, 1.54) is 26.4 Å². The van der Waals surface area contributed by atoms with Crippen molar-refractivity contribution in [3.8, 4) is 5.75 Å². The molecule has 0 aromatic heterocycles. The molecule has 1 amide bonds. The second kappa shape index (κ2) is 13.2. The molecule has 2 bridgehead atoms. The van der Waals surface area contributed by atoms with E-state index in [1.807, 2.05) is 19.9 Å². The predicted molar refractivity (Wildman–Crippen MR) is 135 cm³/mol. The maximum Gasteiger partial charge on any atom is 0.250 e. The van der Waals surface area contributed by atoms with Crippen molar-refractivity contribution in [3.63, 3.8) is 0 Å². The van der Waals surface area contributed by atoms with Gasteiger partial charge in [0.05, 0.1) is 24.4 Å². The molecule has 7 atom stereocenters. The van der Waals surface area contributed by atoms with Gasteiger partial charge in [-0.15, -0.1) is 0 Å². The molecule has 35 heavy (non-hydrogen) atoms. The van der Waals surface area contributed by atoms with E-state index in [4.69, 9.17) is 9.47 Å². The topological polar surface area (TPSA) is 128 Å². The highest BCUT2D eigenvalue weighted by molar-refractivity contribution is 6.03. The summed E-state index contributed by atoms with van der Waals surface area (Å²) >= 11 is 0. The van der Waals surface area contributed by atoms with Gasteiger partial charge in [-0.05, 0) is 62.3 Å². The van der Waals surface area contributed by atoms with E-state index in [9.17, 15) is 25.2 Å². The van der Waals surface area contributed by atoms with Crippen LogP contribution < -0.4 is 5.32 Å². The third kappa shape index (κ3) is 7.88. The second-order valence-corrected chi connectivity index (χ2v) is 9.64. The summed E-state index contributed by atoms with van der Waals surface area (Å²) in [6, 6.07) is 4.51. The number of aromatic hydroxyl groups is 1. The number of methoxy groups -OCH3 is 2. The molecule has 0 aliphatic carbocycles. The summed E-state index contributed by atoms with van der Waals surface area (Å²) in [6.07, 6.45) is 1.19. The van der Waals surface area contributed by atoms with Crippen molar-refractivity contribution < 1.29 is 34.7 Å². The minimum atomic E-state index is -0.960. The Labute approximate surface area is 208 Å². The van der Waals surface area contributed by atoms with Crippen LogP contribution in [0.4, 0.5) is 5.69 Å². The number of aliphatic hydroxyl groups excluding tert-OH is 3. The maximum absolute atomic E-state index is 12.7. The molecule has 0 radical (unpaired) electrons. The highest BCUT2D eigenvalue weighted by atomic mass is 16.5. The molecule has 1 aliphatic rings. The number of phenolic OH excluding ortho intramolecular Hbond substituents is 1. The fourth-order valence-corrected chi connectivity index (χ4v) is 4.51. The average Bonchev–Trinajstić information content (AvgIpc) is 2.82. The number of aliphatic hydroxyl groups is 3. The van der Waals surface area contributed by atoms with E-state index in [1.54, 1.807) is 26.0 Å². The van der Waals surface area contributed by atoms with Gasteiger partial charge in [-0.25, -0.2) is 0 Å². The summed E-state index contributed by atoms with van der Waals surface area (Å²) in [4.78, 5) is 12.7. The van der Waals surface area contributed by atoms with Crippen LogP contribution in [0.25, 0.3) is 0 Å². The van der Waals surface area contributed by atoms with Gasteiger partial charge in [0.2, 0.25) is 0 Å².